The molecule has 0 aliphatic heterocycles. The lowest BCUT2D eigenvalue weighted by Gasteiger charge is -2.22. The fraction of sp³-hybridized carbons (Fsp3) is 0.222. The van der Waals surface area contributed by atoms with Crippen molar-refractivity contribution in [1.29, 1.82) is 0 Å². The molecule has 2 heterocycles. The molecule has 5 nitrogen and oxygen atoms in total. The molecule has 0 spiro atoms. The molecule has 5 heteroatoms. The Labute approximate surface area is 134 Å². The molecule has 0 bridgehead atoms. The number of hydrogen-bond acceptors (Lipinski definition) is 4. The number of furan rings is 1. The molecular weight excluding hydrogens is 290 g/mol. The highest BCUT2D eigenvalue weighted by molar-refractivity contribution is 6.05. The summed E-state index contributed by atoms with van der Waals surface area (Å²) in [6.07, 6.45) is 3.30. The molecule has 0 aliphatic carbocycles. The Bertz CT molecular complexity index is 792. The van der Waals surface area contributed by atoms with Crippen molar-refractivity contribution in [3.05, 3.63) is 66.2 Å². The van der Waals surface area contributed by atoms with Crippen molar-refractivity contribution in [2.45, 2.75) is 6.04 Å². The number of benzene rings is 1. The smallest absolute Gasteiger partial charge is 0.252 e. The van der Waals surface area contributed by atoms with Gasteiger partial charge in [-0.1, -0.05) is 18.2 Å². The molecule has 0 fully saturated rings. The molecule has 1 aromatic carbocycles. The molecule has 0 saturated heterocycles. The van der Waals surface area contributed by atoms with Crippen LogP contribution < -0.4 is 5.32 Å². The van der Waals surface area contributed by atoms with Crippen LogP contribution in [0.4, 0.5) is 0 Å². The van der Waals surface area contributed by atoms with Crippen molar-refractivity contribution in [1.82, 2.24) is 15.2 Å². The number of carbonyl (C=O) groups is 1. The minimum absolute atomic E-state index is 0.0120. The third-order valence-electron chi connectivity index (χ3n) is 3.84. The summed E-state index contributed by atoms with van der Waals surface area (Å²) in [7, 11) is 3.92. The van der Waals surface area contributed by atoms with Crippen LogP contribution in [-0.2, 0) is 0 Å². The molecule has 0 saturated carbocycles. The first kappa shape index (κ1) is 15.2. The molecule has 118 valence electrons. The maximum atomic E-state index is 12.6. The van der Waals surface area contributed by atoms with Crippen LogP contribution in [0, 0.1) is 0 Å². The topological polar surface area (TPSA) is 58.4 Å². The quantitative estimate of drug-likeness (QED) is 0.787. The fourth-order valence-electron chi connectivity index (χ4n) is 2.60. The molecule has 3 rings (SSSR count). The summed E-state index contributed by atoms with van der Waals surface area (Å²) >= 11 is 0. The Balaban J connectivity index is 1.78. The molecule has 2 aromatic heterocycles. The minimum Gasteiger partial charge on any atom is -0.468 e. The van der Waals surface area contributed by atoms with Gasteiger partial charge in [0.1, 0.15) is 5.76 Å². The van der Waals surface area contributed by atoms with Crippen LogP contribution in [0.2, 0.25) is 0 Å². The van der Waals surface area contributed by atoms with E-state index in [9.17, 15) is 4.79 Å². The number of para-hydroxylation sites is 1. The van der Waals surface area contributed by atoms with Gasteiger partial charge in [-0.05, 0) is 38.4 Å². The first-order chi connectivity index (χ1) is 11.2. The lowest BCUT2D eigenvalue weighted by Crippen LogP contribution is -2.34. The normalized spacial score (nSPS) is 12.5. The Kier molecular flexibility index (Phi) is 4.39. The molecule has 0 aliphatic rings. The first-order valence-electron chi connectivity index (χ1n) is 7.48. The van der Waals surface area contributed by atoms with Crippen LogP contribution in [0.15, 0.2) is 59.3 Å². The first-order valence-corrected chi connectivity index (χ1v) is 7.48. The van der Waals surface area contributed by atoms with E-state index in [1.165, 1.54) is 0 Å². The predicted molar refractivity (Wildman–Crippen MR) is 89.2 cm³/mol. The summed E-state index contributed by atoms with van der Waals surface area (Å²) in [5.74, 6) is 0.719. The van der Waals surface area contributed by atoms with Gasteiger partial charge < -0.3 is 9.73 Å². The number of nitrogens with one attached hydrogen (secondary N) is 1. The molecule has 23 heavy (non-hydrogen) atoms. The van der Waals surface area contributed by atoms with E-state index in [-0.39, 0.29) is 11.9 Å². The zero-order valence-electron chi connectivity index (χ0n) is 13.2. The van der Waals surface area contributed by atoms with E-state index in [4.69, 9.17) is 4.42 Å². The number of aromatic nitrogens is 1. The third-order valence-corrected chi connectivity index (χ3v) is 3.84. The second-order valence-electron chi connectivity index (χ2n) is 5.58. The number of fused-ring (bicyclic) bond motifs is 1. The van der Waals surface area contributed by atoms with E-state index >= 15 is 0 Å². The van der Waals surface area contributed by atoms with Crippen molar-refractivity contribution in [3.63, 3.8) is 0 Å². The molecule has 3 aromatic rings. The summed E-state index contributed by atoms with van der Waals surface area (Å²) in [5.41, 5.74) is 1.45. The number of rotatable bonds is 5. The molecule has 0 radical (unpaired) electrons. The van der Waals surface area contributed by atoms with E-state index in [0.717, 1.165) is 16.7 Å². The highest BCUT2D eigenvalue weighted by atomic mass is 16.3. The predicted octanol–water partition coefficient (Wildman–Crippen LogP) is 2.86. The van der Waals surface area contributed by atoms with Gasteiger partial charge in [0.15, 0.2) is 0 Å². The van der Waals surface area contributed by atoms with Gasteiger partial charge >= 0.3 is 0 Å². The Morgan fingerprint density at radius 2 is 2.04 bits per heavy atom. The molecule has 1 N–H and O–H groups in total. The average Bonchev–Trinajstić information content (AvgIpc) is 3.08. The SMILES string of the molecule is CN(C)C(CNC(=O)c1ccnc2ccccc12)c1ccco1. The number of hydrogen-bond donors (Lipinski definition) is 1. The summed E-state index contributed by atoms with van der Waals surface area (Å²) in [6, 6.07) is 13.1. The number of carbonyl (C=O) groups excluding carboxylic acids is 1. The van der Waals surface area contributed by atoms with Gasteiger partial charge in [-0.2, -0.15) is 0 Å². The summed E-state index contributed by atoms with van der Waals surface area (Å²) in [6.45, 7) is 0.468. The van der Waals surface area contributed by atoms with Crippen molar-refractivity contribution < 1.29 is 9.21 Å². The largest absolute Gasteiger partial charge is 0.468 e. The van der Waals surface area contributed by atoms with Gasteiger partial charge in [0.2, 0.25) is 0 Å². The van der Waals surface area contributed by atoms with Crippen LogP contribution >= 0.6 is 0 Å². The summed E-state index contributed by atoms with van der Waals surface area (Å²) in [5, 5.41) is 3.85. The zero-order valence-corrected chi connectivity index (χ0v) is 13.2. The number of nitrogens with zero attached hydrogens (tertiary/aromatic N) is 2. The maximum Gasteiger partial charge on any atom is 0.252 e. The highest BCUT2D eigenvalue weighted by Gasteiger charge is 2.19. The van der Waals surface area contributed by atoms with Crippen LogP contribution in [0.3, 0.4) is 0 Å². The van der Waals surface area contributed by atoms with E-state index < -0.39 is 0 Å². The van der Waals surface area contributed by atoms with E-state index in [0.29, 0.717) is 12.1 Å². The van der Waals surface area contributed by atoms with E-state index in [1.54, 1.807) is 18.5 Å². The minimum atomic E-state index is -0.109. The van der Waals surface area contributed by atoms with Crippen LogP contribution in [0.25, 0.3) is 10.9 Å². The van der Waals surface area contributed by atoms with Crippen molar-refractivity contribution in [2.75, 3.05) is 20.6 Å². The summed E-state index contributed by atoms with van der Waals surface area (Å²) < 4.78 is 5.46. The molecule has 1 atom stereocenters. The Hall–Kier alpha value is -2.66. The maximum absolute atomic E-state index is 12.6. The molecular formula is C18H19N3O2. The number of likely N-dealkylation sites (N-methyl/N-ethyl adjacent to an activating group) is 1. The monoisotopic (exact) mass is 309 g/mol. The van der Waals surface area contributed by atoms with Crippen LogP contribution in [0.5, 0.6) is 0 Å². The summed E-state index contributed by atoms with van der Waals surface area (Å²) in [4.78, 5) is 18.9. The number of pyridine rings is 1. The Morgan fingerprint density at radius 3 is 2.78 bits per heavy atom. The second kappa shape index (κ2) is 6.62. The van der Waals surface area contributed by atoms with E-state index in [2.05, 4.69) is 10.3 Å². The molecule has 1 unspecified atom stereocenters. The molecule has 1 amide bonds. The van der Waals surface area contributed by atoms with Crippen molar-refractivity contribution in [2.24, 2.45) is 0 Å². The van der Waals surface area contributed by atoms with Gasteiger partial charge in [-0.15, -0.1) is 0 Å². The lowest BCUT2D eigenvalue weighted by atomic mass is 10.1. The van der Waals surface area contributed by atoms with Gasteiger partial charge in [-0.25, -0.2) is 0 Å². The van der Waals surface area contributed by atoms with E-state index in [1.807, 2.05) is 55.4 Å². The van der Waals surface area contributed by atoms with Crippen molar-refractivity contribution >= 4 is 16.8 Å². The van der Waals surface area contributed by atoms with Gasteiger partial charge in [0, 0.05) is 18.1 Å². The lowest BCUT2D eigenvalue weighted by molar-refractivity contribution is 0.0940. The van der Waals surface area contributed by atoms with Crippen LogP contribution in [-0.4, -0.2) is 36.4 Å². The standard InChI is InChI=1S/C18H19N3O2/c1-21(2)16(17-8-5-11-23-17)12-20-18(22)14-9-10-19-15-7-4-3-6-13(14)15/h3-11,16H,12H2,1-2H3,(H,20,22). The van der Waals surface area contributed by atoms with Crippen molar-refractivity contribution in [3.8, 4) is 0 Å². The third kappa shape index (κ3) is 3.24. The average molecular weight is 309 g/mol. The Morgan fingerprint density at radius 1 is 1.22 bits per heavy atom. The fourth-order valence-corrected chi connectivity index (χ4v) is 2.60. The number of amides is 1. The van der Waals surface area contributed by atoms with Gasteiger partial charge in [0.25, 0.3) is 5.91 Å². The second-order valence-corrected chi connectivity index (χ2v) is 5.58. The zero-order chi connectivity index (χ0) is 16.2. The van der Waals surface area contributed by atoms with Gasteiger partial charge in [0.05, 0.1) is 23.4 Å². The van der Waals surface area contributed by atoms with Gasteiger partial charge in [-0.3, -0.25) is 14.7 Å². The highest BCUT2D eigenvalue weighted by Crippen LogP contribution is 2.19. The van der Waals surface area contributed by atoms with Crippen LogP contribution in [0.1, 0.15) is 22.2 Å².